The van der Waals surface area contributed by atoms with Crippen LogP contribution in [0.15, 0.2) is 66.9 Å². The van der Waals surface area contributed by atoms with Crippen molar-refractivity contribution in [1.29, 1.82) is 0 Å². The van der Waals surface area contributed by atoms with Crippen LogP contribution in [0.4, 0.5) is 0 Å². The van der Waals surface area contributed by atoms with Crippen molar-refractivity contribution in [1.82, 2.24) is 4.98 Å². The van der Waals surface area contributed by atoms with Crippen LogP contribution in [0.2, 0.25) is 0 Å². The molecule has 8 heteroatoms. The molecule has 1 aliphatic rings. The lowest BCUT2D eigenvalue weighted by molar-refractivity contribution is 0.0372. The van der Waals surface area contributed by atoms with Gasteiger partial charge in [-0.15, -0.1) is 0 Å². The van der Waals surface area contributed by atoms with E-state index in [1.165, 1.54) is 21.3 Å². The third-order valence-corrected chi connectivity index (χ3v) is 5.78. The Balaban J connectivity index is 1.60. The van der Waals surface area contributed by atoms with Crippen molar-refractivity contribution in [3.8, 4) is 28.7 Å². The summed E-state index contributed by atoms with van der Waals surface area (Å²) in [5.74, 6) is 1.71. The third-order valence-electron chi connectivity index (χ3n) is 5.78. The first-order chi connectivity index (χ1) is 17.1. The van der Waals surface area contributed by atoms with E-state index in [0.717, 1.165) is 10.8 Å². The van der Waals surface area contributed by atoms with E-state index in [0.29, 0.717) is 40.0 Å². The molecule has 35 heavy (non-hydrogen) atoms. The third kappa shape index (κ3) is 4.14. The quantitative estimate of drug-likeness (QED) is 0.349. The van der Waals surface area contributed by atoms with E-state index in [1.807, 2.05) is 36.4 Å². The number of esters is 1. The molecule has 1 aromatic heterocycles. The number of methoxy groups -OCH3 is 3. The molecule has 0 radical (unpaired) electrons. The fourth-order valence-corrected chi connectivity index (χ4v) is 4.08. The average molecular weight is 473 g/mol. The molecule has 1 atom stereocenters. The lowest BCUT2D eigenvalue weighted by atomic mass is 10.00. The summed E-state index contributed by atoms with van der Waals surface area (Å²) >= 11 is 0. The van der Waals surface area contributed by atoms with Gasteiger partial charge in [0.05, 0.1) is 32.6 Å². The number of rotatable bonds is 7. The van der Waals surface area contributed by atoms with Crippen LogP contribution < -0.4 is 23.7 Å². The second-order valence-electron chi connectivity index (χ2n) is 7.73. The number of benzene rings is 3. The summed E-state index contributed by atoms with van der Waals surface area (Å²) in [7, 11) is 4.48. The Morgan fingerprint density at radius 1 is 0.886 bits per heavy atom. The molecule has 1 unspecified atom stereocenters. The molecule has 5 rings (SSSR count). The van der Waals surface area contributed by atoms with Gasteiger partial charge in [0.1, 0.15) is 0 Å². The molecule has 0 fully saturated rings. The van der Waals surface area contributed by atoms with Crippen LogP contribution in [0.25, 0.3) is 10.8 Å². The molecule has 2 heterocycles. The standard InChI is InChI=1S/C27H23NO7/c1-30-22-13-18(14-23(31-2)26(22)32-3)27(29)35-25(17-8-9-20-21(12-17)34-15-33-20)24-19-7-5-4-6-16(19)10-11-28-24/h4-14,25H,15H2,1-3H3. The highest BCUT2D eigenvalue weighted by Gasteiger charge is 2.27. The first kappa shape index (κ1) is 22.3. The Hall–Kier alpha value is -4.46. The van der Waals surface area contributed by atoms with Crippen LogP contribution >= 0.6 is 0 Å². The van der Waals surface area contributed by atoms with Crippen molar-refractivity contribution in [3.05, 3.63) is 83.7 Å². The maximum atomic E-state index is 13.4. The van der Waals surface area contributed by atoms with Gasteiger partial charge in [-0.3, -0.25) is 4.98 Å². The Morgan fingerprint density at radius 3 is 2.37 bits per heavy atom. The maximum Gasteiger partial charge on any atom is 0.339 e. The predicted molar refractivity (Wildman–Crippen MR) is 128 cm³/mol. The largest absolute Gasteiger partial charge is 0.493 e. The first-order valence-electron chi connectivity index (χ1n) is 10.9. The summed E-state index contributed by atoms with van der Waals surface area (Å²) < 4.78 is 33.3. The summed E-state index contributed by atoms with van der Waals surface area (Å²) in [6.45, 7) is 0.140. The summed E-state index contributed by atoms with van der Waals surface area (Å²) in [6.07, 6.45) is 0.882. The SMILES string of the molecule is COc1cc(C(=O)OC(c2ccc3c(c2)OCO3)c2nccc3ccccc23)cc(OC)c1OC. The van der Waals surface area contributed by atoms with Gasteiger partial charge in [-0.05, 0) is 35.7 Å². The molecule has 3 aromatic carbocycles. The molecule has 0 amide bonds. The van der Waals surface area contributed by atoms with E-state index in [2.05, 4.69) is 4.98 Å². The van der Waals surface area contributed by atoms with E-state index >= 15 is 0 Å². The molecule has 8 nitrogen and oxygen atoms in total. The minimum absolute atomic E-state index is 0.140. The van der Waals surface area contributed by atoms with Crippen LogP contribution in [-0.4, -0.2) is 39.1 Å². The number of carbonyl (C=O) groups is 1. The molecule has 0 spiro atoms. The lowest BCUT2D eigenvalue weighted by Crippen LogP contribution is -2.15. The highest BCUT2D eigenvalue weighted by molar-refractivity contribution is 5.92. The van der Waals surface area contributed by atoms with Gasteiger partial charge in [-0.25, -0.2) is 4.79 Å². The molecule has 0 saturated heterocycles. The molecule has 0 saturated carbocycles. The van der Waals surface area contributed by atoms with Crippen LogP contribution in [0.1, 0.15) is 27.7 Å². The van der Waals surface area contributed by atoms with Crippen molar-refractivity contribution in [2.75, 3.05) is 28.1 Å². The molecule has 0 N–H and O–H groups in total. The number of carbonyl (C=O) groups excluding carboxylic acids is 1. The number of aromatic nitrogens is 1. The summed E-state index contributed by atoms with van der Waals surface area (Å²) in [4.78, 5) is 18.0. The van der Waals surface area contributed by atoms with Crippen molar-refractivity contribution < 1.29 is 33.2 Å². The summed E-state index contributed by atoms with van der Waals surface area (Å²) in [5, 5.41) is 1.85. The zero-order valence-electron chi connectivity index (χ0n) is 19.4. The van der Waals surface area contributed by atoms with Gasteiger partial charge in [-0.1, -0.05) is 30.3 Å². The van der Waals surface area contributed by atoms with Crippen LogP contribution in [0.3, 0.4) is 0 Å². The molecule has 1 aliphatic heterocycles. The number of hydrogen-bond acceptors (Lipinski definition) is 8. The normalized spacial score (nSPS) is 12.8. The van der Waals surface area contributed by atoms with Crippen molar-refractivity contribution in [3.63, 3.8) is 0 Å². The summed E-state index contributed by atoms with van der Waals surface area (Å²) in [6, 6.07) is 18.3. The number of nitrogens with zero attached hydrogens (tertiary/aromatic N) is 1. The fraction of sp³-hybridized carbons (Fsp3) is 0.185. The smallest absolute Gasteiger partial charge is 0.339 e. The van der Waals surface area contributed by atoms with E-state index in [9.17, 15) is 4.79 Å². The van der Waals surface area contributed by atoms with Gasteiger partial charge in [0.25, 0.3) is 0 Å². The average Bonchev–Trinajstić information content (AvgIpc) is 3.38. The highest BCUT2D eigenvalue weighted by Crippen LogP contribution is 2.41. The topological polar surface area (TPSA) is 85.3 Å². The Bertz CT molecular complexity index is 1370. The molecule has 0 bridgehead atoms. The zero-order chi connectivity index (χ0) is 24.4. The van der Waals surface area contributed by atoms with Gasteiger partial charge in [0.2, 0.25) is 12.5 Å². The number of hydrogen-bond donors (Lipinski definition) is 0. The minimum Gasteiger partial charge on any atom is -0.493 e. The molecular formula is C27H23NO7. The van der Waals surface area contributed by atoms with Crippen LogP contribution in [0, 0.1) is 0 Å². The Labute approximate surface area is 201 Å². The lowest BCUT2D eigenvalue weighted by Gasteiger charge is -2.21. The molecule has 178 valence electrons. The van der Waals surface area contributed by atoms with Crippen molar-refractivity contribution >= 4 is 16.7 Å². The van der Waals surface area contributed by atoms with Gasteiger partial charge in [0.15, 0.2) is 29.1 Å². The van der Waals surface area contributed by atoms with Gasteiger partial charge < -0.3 is 28.4 Å². The van der Waals surface area contributed by atoms with Crippen molar-refractivity contribution in [2.45, 2.75) is 6.10 Å². The Morgan fingerprint density at radius 2 is 1.63 bits per heavy atom. The van der Waals surface area contributed by atoms with E-state index < -0.39 is 12.1 Å². The second-order valence-corrected chi connectivity index (χ2v) is 7.73. The van der Waals surface area contributed by atoms with E-state index in [1.54, 1.807) is 30.5 Å². The van der Waals surface area contributed by atoms with Gasteiger partial charge >= 0.3 is 5.97 Å². The molecule has 4 aromatic rings. The second kappa shape index (κ2) is 9.42. The molecular weight excluding hydrogens is 450 g/mol. The maximum absolute atomic E-state index is 13.4. The summed E-state index contributed by atoms with van der Waals surface area (Å²) in [5.41, 5.74) is 1.53. The van der Waals surface area contributed by atoms with E-state index in [4.69, 9.17) is 28.4 Å². The predicted octanol–water partition coefficient (Wildman–Crippen LogP) is 4.94. The minimum atomic E-state index is -0.817. The van der Waals surface area contributed by atoms with Gasteiger partial charge in [0, 0.05) is 17.1 Å². The Kier molecular flexibility index (Phi) is 6.01. The van der Waals surface area contributed by atoms with Crippen LogP contribution in [0.5, 0.6) is 28.7 Å². The first-order valence-corrected chi connectivity index (χ1v) is 10.9. The monoisotopic (exact) mass is 473 g/mol. The number of ether oxygens (including phenoxy) is 6. The zero-order valence-corrected chi connectivity index (χ0v) is 19.4. The van der Waals surface area contributed by atoms with Gasteiger partial charge in [-0.2, -0.15) is 0 Å². The van der Waals surface area contributed by atoms with Crippen LogP contribution in [-0.2, 0) is 4.74 Å². The molecule has 0 aliphatic carbocycles. The number of fused-ring (bicyclic) bond motifs is 2. The highest BCUT2D eigenvalue weighted by atomic mass is 16.7. The fourth-order valence-electron chi connectivity index (χ4n) is 4.08. The number of pyridine rings is 1. The van der Waals surface area contributed by atoms with Crippen molar-refractivity contribution in [2.24, 2.45) is 0 Å². The van der Waals surface area contributed by atoms with E-state index in [-0.39, 0.29) is 12.4 Å².